The van der Waals surface area contributed by atoms with E-state index in [9.17, 15) is 0 Å². The summed E-state index contributed by atoms with van der Waals surface area (Å²) in [5.41, 5.74) is 1.47. The van der Waals surface area contributed by atoms with E-state index >= 15 is 0 Å². The van der Waals surface area contributed by atoms with Crippen molar-refractivity contribution in [1.82, 2.24) is 4.37 Å². The molecular weight excluding hydrogens is 166 g/mol. The number of nitrogens with zero attached hydrogens (tertiary/aromatic N) is 1. The number of aryl methyl sites for hydroxylation is 1. The van der Waals surface area contributed by atoms with Crippen LogP contribution in [0.4, 0.5) is 0 Å². The van der Waals surface area contributed by atoms with Gasteiger partial charge in [0.25, 0.3) is 0 Å². The number of hydrogen-bond acceptors (Lipinski definition) is 2. The van der Waals surface area contributed by atoms with E-state index in [1.807, 2.05) is 0 Å². The van der Waals surface area contributed by atoms with Crippen LogP contribution in [0.5, 0.6) is 0 Å². The van der Waals surface area contributed by atoms with Crippen molar-refractivity contribution in [3.63, 3.8) is 0 Å². The molecule has 1 aromatic heterocycles. The van der Waals surface area contributed by atoms with Crippen LogP contribution in [0.3, 0.4) is 0 Å². The Balaban J connectivity index is 2.81. The summed E-state index contributed by atoms with van der Waals surface area (Å²) in [4.78, 5) is 1.42. The summed E-state index contributed by atoms with van der Waals surface area (Å²) >= 11 is 1.65. The largest absolute Gasteiger partial charge is 0.198 e. The van der Waals surface area contributed by atoms with Crippen LogP contribution in [0.15, 0.2) is 6.07 Å². The van der Waals surface area contributed by atoms with Gasteiger partial charge in [-0.3, -0.25) is 0 Å². The highest BCUT2D eigenvalue weighted by Crippen LogP contribution is 2.31. The zero-order chi connectivity index (χ0) is 9.19. The Kier molecular flexibility index (Phi) is 2.89. The Morgan fingerprint density at radius 1 is 1.50 bits per heavy atom. The maximum atomic E-state index is 4.31. The minimum Gasteiger partial charge on any atom is -0.198 e. The highest BCUT2D eigenvalue weighted by Gasteiger charge is 2.21. The molecule has 1 heterocycles. The lowest BCUT2D eigenvalue weighted by Crippen LogP contribution is -2.14. The summed E-state index contributed by atoms with van der Waals surface area (Å²) in [6, 6.07) is 2.21. The van der Waals surface area contributed by atoms with Gasteiger partial charge in [0.1, 0.15) is 0 Å². The molecule has 68 valence electrons. The Morgan fingerprint density at radius 3 is 2.58 bits per heavy atom. The van der Waals surface area contributed by atoms with Gasteiger partial charge in [-0.2, -0.15) is 4.37 Å². The topological polar surface area (TPSA) is 12.9 Å². The van der Waals surface area contributed by atoms with E-state index in [4.69, 9.17) is 0 Å². The van der Waals surface area contributed by atoms with Gasteiger partial charge >= 0.3 is 0 Å². The molecule has 0 fully saturated rings. The van der Waals surface area contributed by atoms with E-state index in [-0.39, 0.29) is 0 Å². The standard InChI is InChI=1S/C10H17NS/c1-5-6-10(3,4)9-7-8(2)11-12-9/h7H,5-6H2,1-4H3. The van der Waals surface area contributed by atoms with Crippen molar-refractivity contribution in [3.05, 3.63) is 16.6 Å². The molecule has 0 unspecified atom stereocenters. The molecule has 0 atom stereocenters. The molecule has 0 N–H and O–H groups in total. The van der Waals surface area contributed by atoms with Crippen molar-refractivity contribution in [2.75, 3.05) is 0 Å². The zero-order valence-electron chi connectivity index (χ0n) is 8.35. The fourth-order valence-electron chi connectivity index (χ4n) is 1.43. The highest BCUT2D eigenvalue weighted by atomic mass is 32.1. The molecule has 0 spiro atoms. The van der Waals surface area contributed by atoms with Crippen molar-refractivity contribution in [2.24, 2.45) is 0 Å². The van der Waals surface area contributed by atoms with E-state index in [1.165, 1.54) is 17.7 Å². The van der Waals surface area contributed by atoms with Crippen molar-refractivity contribution < 1.29 is 0 Å². The van der Waals surface area contributed by atoms with Gasteiger partial charge in [0.15, 0.2) is 0 Å². The van der Waals surface area contributed by atoms with Crippen LogP contribution in [0, 0.1) is 6.92 Å². The molecule has 1 nitrogen and oxygen atoms in total. The summed E-state index contributed by atoms with van der Waals surface area (Å²) in [5, 5.41) is 0. The number of hydrogen-bond donors (Lipinski definition) is 0. The second-order valence-corrected chi connectivity index (χ2v) is 4.77. The summed E-state index contributed by atoms with van der Waals surface area (Å²) < 4.78 is 4.31. The predicted molar refractivity (Wildman–Crippen MR) is 54.8 cm³/mol. The van der Waals surface area contributed by atoms with Crippen molar-refractivity contribution in [2.45, 2.75) is 46.0 Å². The first-order valence-electron chi connectivity index (χ1n) is 4.50. The van der Waals surface area contributed by atoms with Gasteiger partial charge < -0.3 is 0 Å². The summed E-state index contributed by atoms with van der Waals surface area (Å²) in [6.45, 7) is 8.88. The monoisotopic (exact) mass is 183 g/mol. The van der Waals surface area contributed by atoms with Crippen LogP contribution in [-0.4, -0.2) is 4.37 Å². The lowest BCUT2D eigenvalue weighted by Gasteiger charge is -2.21. The van der Waals surface area contributed by atoms with Gasteiger partial charge in [-0.05, 0) is 30.9 Å². The number of aromatic nitrogens is 1. The molecule has 0 saturated carbocycles. The smallest absolute Gasteiger partial charge is 0.0514 e. The quantitative estimate of drug-likeness (QED) is 0.698. The molecule has 1 aromatic rings. The number of rotatable bonds is 3. The Morgan fingerprint density at radius 2 is 2.17 bits per heavy atom. The Hall–Kier alpha value is -0.370. The maximum absolute atomic E-state index is 4.31. The molecule has 12 heavy (non-hydrogen) atoms. The van der Waals surface area contributed by atoms with E-state index in [0.717, 1.165) is 5.69 Å². The van der Waals surface area contributed by atoms with Crippen LogP contribution in [0.2, 0.25) is 0 Å². The van der Waals surface area contributed by atoms with Crippen LogP contribution in [-0.2, 0) is 5.41 Å². The first-order valence-corrected chi connectivity index (χ1v) is 5.27. The van der Waals surface area contributed by atoms with Crippen LogP contribution >= 0.6 is 11.5 Å². The third kappa shape index (κ3) is 2.07. The molecule has 0 saturated heterocycles. The average Bonchev–Trinajstić information content (AvgIpc) is 2.36. The first-order chi connectivity index (χ1) is 5.56. The zero-order valence-corrected chi connectivity index (χ0v) is 9.16. The van der Waals surface area contributed by atoms with E-state index < -0.39 is 0 Å². The lowest BCUT2D eigenvalue weighted by molar-refractivity contribution is 0.482. The highest BCUT2D eigenvalue weighted by molar-refractivity contribution is 7.06. The molecule has 1 rings (SSSR count). The van der Waals surface area contributed by atoms with Crippen molar-refractivity contribution in [1.29, 1.82) is 0 Å². The minimum absolute atomic E-state index is 0.320. The van der Waals surface area contributed by atoms with E-state index in [2.05, 4.69) is 38.1 Å². The Bertz CT molecular complexity index is 250. The maximum Gasteiger partial charge on any atom is 0.0514 e. The molecule has 0 aliphatic carbocycles. The molecule has 0 radical (unpaired) electrons. The van der Waals surface area contributed by atoms with Crippen LogP contribution in [0.1, 0.15) is 44.2 Å². The summed E-state index contributed by atoms with van der Waals surface area (Å²) in [6.07, 6.45) is 2.48. The SMILES string of the molecule is CCCC(C)(C)c1cc(C)ns1. The summed E-state index contributed by atoms with van der Waals surface area (Å²) in [7, 11) is 0. The van der Waals surface area contributed by atoms with E-state index in [0.29, 0.717) is 5.41 Å². The molecule has 0 aromatic carbocycles. The molecule has 0 aliphatic heterocycles. The first kappa shape index (κ1) is 9.72. The van der Waals surface area contributed by atoms with E-state index in [1.54, 1.807) is 11.5 Å². The minimum atomic E-state index is 0.320. The molecule has 0 aliphatic rings. The van der Waals surface area contributed by atoms with Gasteiger partial charge in [-0.1, -0.05) is 27.2 Å². The Labute approximate surface area is 79.0 Å². The van der Waals surface area contributed by atoms with Gasteiger partial charge in [0, 0.05) is 10.3 Å². The normalized spacial score (nSPS) is 12.0. The second kappa shape index (κ2) is 3.56. The second-order valence-electron chi connectivity index (χ2n) is 3.97. The van der Waals surface area contributed by atoms with Gasteiger partial charge in [-0.15, -0.1) is 0 Å². The average molecular weight is 183 g/mol. The molecule has 0 amide bonds. The summed E-state index contributed by atoms with van der Waals surface area (Å²) in [5.74, 6) is 0. The lowest BCUT2D eigenvalue weighted by atomic mass is 9.86. The molecule has 2 heteroatoms. The third-order valence-corrected chi connectivity index (χ3v) is 3.42. The van der Waals surface area contributed by atoms with Gasteiger partial charge in [0.05, 0.1) is 5.69 Å². The van der Waals surface area contributed by atoms with Crippen LogP contribution in [0.25, 0.3) is 0 Å². The molecular formula is C10H17NS. The van der Waals surface area contributed by atoms with Crippen LogP contribution < -0.4 is 0 Å². The predicted octanol–water partition coefficient (Wildman–Crippen LogP) is 3.53. The van der Waals surface area contributed by atoms with Gasteiger partial charge in [0.2, 0.25) is 0 Å². The van der Waals surface area contributed by atoms with Crippen molar-refractivity contribution >= 4 is 11.5 Å². The fourth-order valence-corrected chi connectivity index (χ4v) is 2.30. The van der Waals surface area contributed by atoms with Gasteiger partial charge in [-0.25, -0.2) is 0 Å². The molecule has 0 bridgehead atoms. The third-order valence-electron chi connectivity index (χ3n) is 2.17. The fraction of sp³-hybridized carbons (Fsp3) is 0.700. The van der Waals surface area contributed by atoms with Crippen molar-refractivity contribution in [3.8, 4) is 0 Å².